The molecule has 4 N–H and O–H groups in total. The van der Waals surface area contributed by atoms with Gasteiger partial charge in [-0.2, -0.15) is 11.8 Å². The molecule has 0 aromatic heterocycles. The molecular weight excluding hydrogens is 240 g/mol. The number of rotatable bonds is 9. The maximum Gasteiger partial charge on any atom is 0.326 e. The Morgan fingerprint density at radius 1 is 1.47 bits per heavy atom. The van der Waals surface area contributed by atoms with E-state index in [1.54, 1.807) is 11.8 Å². The van der Waals surface area contributed by atoms with Crippen LogP contribution in [0.2, 0.25) is 0 Å². The van der Waals surface area contributed by atoms with Gasteiger partial charge in [0.1, 0.15) is 6.04 Å². The highest BCUT2D eigenvalue weighted by atomic mass is 32.2. The summed E-state index contributed by atoms with van der Waals surface area (Å²) in [7, 11) is 0. The summed E-state index contributed by atoms with van der Waals surface area (Å²) in [4.78, 5) is 22.5. The Labute approximate surface area is 107 Å². The molecule has 17 heavy (non-hydrogen) atoms. The molecule has 0 aromatic carbocycles. The highest BCUT2D eigenvalue weighted by Gasteiger charge is 2.20. The smallest absolute Gasteiger partial charge is 0.326 e. The number of amides is 1. The Kier molecular flexibility index (Phi) is 8.89. The monoisotopic (exact) mass is 262 g/mol. The number of aliphatic carboxylic acids is 1. The molecule has 6 heteroatoms. The summed E-state index contributed by atoms with van der Waals surface area (Å²) in [6.07, 6.45) is 3.48. The molecular formula is C11H22N2O3S. The molecule has 5 nitrogen and oxygen atoms in total. The number of thioether (sulfide) groups is 1. The van der Waals surface area contributed by atoms with Crippen LogP contribution in [0.15, 0.2) is 0 Å². The third-order valence-electron chi connectivity index (χ3n) is 2.63. The second-order valence-corrected chi connectivity index (χ2v) is 4.94. The van der Waals surface area contributed by atoms with Crippen LogP contribution in [0.1, 0.15) is 26.2 Å². The molecule has 0 radical (unpaired) electrons. The zero-order valence-electron chi connectivity index (χ0n) is 10.4. The third-order valence-corrected chi connectivity index (χ3v) is 3.27. The largest absolute Gasteiger partial charge is 0.480 e. The number of carbonyl (C=O) groups excluding carboxylic acids is 1. The molecule has 0 aliphatic carbocycles. The van der Waals surface area contributed by atoms with Crippen molar-refractivity contribution in [2.75, 3.05) is 18.6 Å². The van der Waals surface area contributed by atoms with Crippen LogP contribution in [0.5, 0.6) is 0 Å². The standard InChI is InChI=1S/C11H22N2O3S/c1-3-8(7-12)6-10(14)13-9(11(15)16)4-5-17-2/h8-9H,3-7,12H2,1-2H3,(H,13,14)(H,15,16)/t8?,9-/m1/s1. The number of carboxylic acid groups (broad SMARTS) is 1. The minimum Gasteiger partial charge on any atom is -0.480 e. The molecule has 2 atom stereocenters. The molecule has 0 rings (SSSR count). The predicted molar refractivity (Wildman–Crippen MR) is 70.0 cm³/mol. The van der Waals surface area contributed by atoms with Gasteiger partial charge in [-0.15, -0.1) is 0 Å². The molecule has 0 aliphatic rings. The van der Waals surface area contributed by atoms with Crippen LogP contribution >= 0.6 is 11.8 Å². The number of nitrogens with one attached hydrogen (secondary N) is 1. The summed E-state index contributed by atoms with van der Waals surface area (Å²) in [5.74, 6) is -0.361. The van der Waals surface area contributed by atoms with E-state index < -0.39 is 12.0 Å². The van der Waals surface area contributed by atoms with Crippen LogP contribution in [0.3, 0.4) is 0 Å². The van der Waals surface area contributed by atoms with Crippen molar-refractivity contribution in [1.29, 1.82) is 0 Å². The van der Waals surface area contributed by atoms with Crippen molar-refractivity contribution < 1.29 is 14.7 Å². The van der Waals surface area contributed by atoms with Crippen molar-refractivity contribution in [2.45, 2.75) is 32.2 Å². The van der Waals surface area contributed by atoms with Gasteiger partial charge >= 0.3 is 5.97 Å². The van der Waals surface area contributed by atoms with Gasteiger partial charge in [-0.3, -0.25) is 4.79 Å². The first kappa shape index (κ1) is 16.2. The highest BCUT2D eigenvalue weighted by Crippen LogP contribution is 2.07. The number of hydrogen-bond donors (Lipinski definition) is 3. The van der Waals surface area contributed by atoms with Crippen LogP contribution in [-0.4, -0.2) is 41.6 Å². The van der Waals surface area contributed by atoms with Gasteiger partial charge in [0.05, 0.1) is 0 Å². The molecule has 0 heterocycles. The number of nitrogens with two attached hydrogens (primary N) is 1. The molecule has 1 unspecified atom stereocenters. The predicted octanol–water partition coefficient (Wildman–Crippen LogP) is 0.684. The van der Waals surface area contributed by atoms with E-state index in [0.717, 1.165) is 6.42 Å². The molecule has 100 valence electrons. The van der Waals surface area contributed by atoms with E-state index in [1.165, 1.54) is 0 Å². The van der Waals surface area contributed by atoms with Crippen molar-refractivity contribution in [1.82, 2.24) is 5.32 Å². The van der Waals surface area contributed by atoms with Crippen LogP contribution < -0.4 is 11.1 Å². The minimum absolute atomic E-state index is 0.130. The average molecular weight is 262 g/mol. The van der Waals surface area contributed by atoms with Crippen LogP contribution in [0.25, 0.3) is 0 Å². The van der Waals surface area contributed by atoms with Gasteiger partial charge in [0.25, 0.3) is 0 Å². The summed E-state index contributed by atoms with van der Waals surface area (Å²) in [5, 5.41) is 11.5. The van der Waals surface area contributed by atoms with E-state index in [4.69, 9.17) is 10.8 Å². The third kappa shape index (κ3) is 7.23. The van der Waals surface area contributed by atoms with Gasteiger partial charge < -0.3 is 16.2 Å². The summed E-state index contributed by atoms with van der Waals surface area (Å²) < 4.78 is 0. The van der Waals surface area contributed by atoms with Gasteiger partial charge in [-0.25, -0.2) is 4.79 Å². The fourth-order valence-electron chi connectivity index (χ4n) is 1.40. The van der Waals surface area contributed by atoms with Gasteiger partial charge in [-0.1, -0.05) is 13.3 Å². The fraction of sp³-hybridized carbons (Fsp3) is 0.818. The summed E-state index contributed by atoms with van der Waals surface area (Å²) in [5.41, 5.74) is 5.50. The molecule has 0 fully saturated rings. The molecule has 1 amide bonds. The van der Waals surface area contributed by atoms with E-state index in [9.17, 15) is 9.59 Å². The number of hydrogen-bond acceptors (Lipinski definition) is 4. The molecule has 0 aliphatic heterocycles. The Balaban J connectivity index is 4.15. The topological polar surface area (TPSA) is 92.4 Å². The Morgan fingerprint density at radius 3 is 2.53 bits per heavy atom. The van der Waals surface area contributed by atoms with E-state index in [2.05, 4.69) is 5.32 Å². The molecule has 0 spiro atoms. The Hall–Kier alpha value is -0.750. The average Bonchev–Trinajstić information content (AvgIpc) is 2.30. The lowest BCUT2D eigenvalue weighted by Gasteiger charge is -2.16. The quantitative estimate of drug-likeness (QED) is 0.568. The summed E-state index contributed by atoms with van der Waals surface area (Å²) in [6.45, 7) is 2.42. The van der Waals surface area contributed by atoms with E-state index in [-0.39, 0.29) is 11.8 Å². The number of carboxylic acids is 1. The zero-order chi connectivity index (χ0) is 13.3. The van der Waals surface area contributed by atoms with E-state index in [0.29, 0.717) is 25.1 Å². The molecule has 0 saturated heterocycles. The maximum absolute atomic E-state index is 11.6. The van der Waals surface area contributed by atoms with E-state index >= 15 is 0 Å². The second kappa shape index (κ2) is 9.30. The Bertz CT molecular complexity index is 245. The first-order valence-corrected chi connectivity index (χ1v) is 7.15. The van der Waals surface area contributed by atoms with Crippen molar-refractivity contribution in [2.24, 2.45) is 11.7 Å². The summed E-state index contributed by atoms with van der Waals surface area (Å²) in [6, 6.07) is -0.787. The van der Waals surface area contributed by atoms with Crippen molar-refractivity contribution in [3.05, 3.63) is 0 Å². The number of carbonyl (C=O) groups is 2. The lowest BCUT2D eigenvalue weighted by molar-refractivity contribution is -0.142. The highest BCUT2D eigenvalue weighted by molar-refractivity contribution is 7.98. The van der Waals surface area contributed by atoms with E-state index in [1.807, 2.05) is 13.2 Å². The summed E-state index contributed by atoms with van der Waals surface area (Å²) >= 11 is 1.56. The fourth-order valence-corrected chi connectivity index (χ4v) is 1.87. The first-order chi connectivity index (χ1) is 8.04. The Morgan fingerprint density at radius 2 is 2.12 bits per heavy atom. The van der Waals surface area contributed by atoms with Crippen LogP contribution in [-0.2, 0) is 9.59 Å². The van der Waals surface area contributed by atoms with Gasteiger partial charge in [0.2, 0.25) is 5.91 Å². The molecule has 0 aromatic rings. The van der Waals surface area contributed by atoms with Gasteiger partial charge in [0, 0.05) is 6.42 Å². The molecule has 0 saturated carbocycles. The SMILES string of the molecule is CCC(CN)CC(=O)N[C@H](CCSC)C(=O)O. The lowest BCUT2D eigenvalue weighted by atomic mass is 10.0. The minimum atomic E-state index is -0.979. The van der Waals surface area contributed by atoms with Crippen molar-refractivity contribution in [3.63, 3.8) is 0 Å². The molecule has 0 bridgehead atoms. The lowest BCUT2D eigenvalue weighted by Crippen LogP contribution is -2.42. The van der Waals surface area contributed by atoms with Gasteiger partial charge in [-0.05, 0) is 30.9 Å². The van der Waals surface area contributed by atoms with Gasteiger partial charge in [0.15, 0.2) is 0 Å². The maximum atomic E-state index is 11.6. The normalized spacial score (nSPS) is 14.1. The van der Waals surface area contributed by atoms with Crippen LogP contribution in [0, 0.1) is 5.92 Å². The first-order valence-electron chi connectivity index (χ1n) is 5.76. The second-order valence-electron chi connectivity index (χ2n) is 3.95. The van der Waals surface area contributed by atoms with Crippen molar-refractivity contribution >= 4 is 23.6 Å². The van der Waals surface area contributed by atoms with Crippen molar-refractivity contribution in [3.8, 4) is 0 Å². The zero-order valence-corrected chi connectivity index (χ0v) is 11.3. The van der Waals surface area contributed by atoms with Crippen LogP contribution in [0.4, 0.5) is 0 Å².